The van der Waals surface area contributed by atoms with Gasteiger partial charge in [-0.3, -0.25) is 4.79 Å². The second-order valence-electron chi connectivity index (χ2n) is 8.52. The predicted octanol–water partition coefficient (Wildman–Crippen LogP) is 3.41. The molecular weight excluding hydrogens is 380 g/mol. The number of aliphatic hydroxyl groups is 1. The van der Waals surface area contributed by atoms with Crippen molar-refractivity contribution in [1.82, 2.24) is 9.80 Å². The van der Waals surface area contributed by atoms with E-state index in [1.165, 1.54) is 0 Å². The van der Waals surface area contributed by atoms with Gasteiger partial charge in [-0.05, 0) is 66.1 Å². The van der Waals surface area contributed by atoms with Gasteiger partial charge in [-0.2, -0.15) is 0 Å². The van der Waals surface area contributed by atoms with Crippen LogP contribution in [0.4, 0.5) is 4.79 Å². The molecule has 0 aliphatic carbocycles. The number of benzene rings is 2. The molecule has 0 saturated carbocycles. The van der Waals surface area contributed by atoms with E-state index in [2.05, 4.69) is 0 Å². The van der Waals surface area contributed by atoms with E-state index in [4.69, 9.17) is 0 Å². The Kier molecular flexibility index (Phi) is 5.28. The lowest BCUT2D eigenvalue weighted by Gasteiger charge is -2.23. The highest BCUT2D eigenvalue weighted by molar-refractivity contribution is 5.83. The van der Waals surface area contributed by atoms with Crippen LogP contribution in [-0.2, 0) is 24.3 Å². The Hall–Kier alpha value is -2.86. The van der Waals surface area contributed by atoms with Gasteiger partial charge >= 0.3 is 12.0 Å². The topological polar surface area (TPSA) is 81.1 Å². The number of carboxylic acid groups (broad SMARTS) is 1. The Labute approximate surface area is 176 Å². The Balaban J connectivity index is 1.76. The number of nitrogens with zero attached hydrogens (tertiary/aromatic N) is 2. The van der Waals surface area contributed by atoms with Gasteiger partial charge in [0.05, 0.1) is 12.5 Å². The molecular formula is C24H28N2O4. The minimum atomic E-state index is -0.859. The van der Waals surface area contributed by atoms with E-state index >= 15 is 0 Å². The molecule has 0 bridgehead atoms. The molecule has 1 fully saturated rings. The van der Waals surface area contributed by atoms with Gasteiger partial charge in [0.25, 0.3) is 0 Å². The molecule has 2 N–H and O–H groups in total. The number of aryl methyl sites for hydroxylation is 1. The first-order valence-corrected chi connectivity index (χ1v) is 10.4. The van der Waals surface area contributed by atoms with Gasteiger partial charge in [-0.25, -0.2) is 4.79 Å². The minimum absolute atomic E-state index is 0.0462. The molecule has 1 saturated heterocycles. The molecule has 0 radical (unpaired) electrons. The Morgan fingerprint density at radius 2 is 1.63 bits per heavy atom. The SMILES string of the molecule is Cc1ccc(-c2c(C)c3c(c(C)c2CC(=O)O)CN(C(=O)N2CCC(O)C2)C3)cc1. The number of β-amino-alcohol motifs (C(OH)–C–C–N with tert-alkyl or cyclic N) is 1. The van der Waals surface area contributed by atoms with Gasteiger partial charge in [0.15, 0.2) is 0 Å². The van der Waals surface area contributed by atoms with E-state index in [0.29, 0.717) is 32.6 Å². The van der Waals surface area contributed by atoms with Gasteiger partial charge in [0.2, 0.25) is 0 Å². The smallest absolute Gasteiger partial charge is 0.320 e. The third-order valence-electron chi connectivity index (χ3n) is 6.47. The normalized spacial score (nSPS) is 18.1. The highest BCUT2D eigenvalue weighted by Gasteiger charge is 2.34. The number of urea groups is 1. The lowest BCUT2D eigenvalue weighted by molar-refractivity contribution is -0.136. The molecule has 4 rings (SSSR count). The summed E-state index contributed by atoms with van der Waals surface area (Å²) in [7, 11) is 0. The van der Waals surface area contributed by atoms with Crippen molar-refractivity contribution < 1.29 is 19.8 Å². The van der Waals surface area contributed by atoms with Crippen molar-refractivity contribution in [3.8, 4) is 11.1 Å². The van der Waals surface area contributed by atoms with E-state index in [9.17, 15) is 19.8 Å². The summed E-state index contributed by atoms with van der Waals surface area (Å²) in [4.78, 5) is 28.2. The van der Waals surface area contributed by atoms with Crippen LogP contribution in [0.3, 0.4) is 0 Å². The third kappa shape index (κ3) is 3.56. The maximum atomic E-state index is 13.0. The fraction of sp³-hybridized carbons (Fsp3) is 0.417. The maximum Gasteiger partial charge on any atom is 0.320 e. The van der Waals surface area contributed by atoms with Crippen molar-refractivity contribution in [2.45, 2.75) is 52.8 Å². The molecule has 6 heteroatoms. The quantitative estimate of drug-likeness (QED) is 0.816. The monoisotopic (exact) mass is 408 g/mol. The zero-order chi connectivity index (χ0) is 21.6. The van der Waals surface area contributed by atoms with Gasteiger partial charge in [0, 0.05) is 26.2 Å². The number of likely N-dealkylation sites (tertiary alicyclic amines) is 1. The largest absolute Gasteiger partial charge is 0.481 e. The molecule has 158 valence electrons. The summed E-state index contributed by atoms with van der Waals surface area (Å²) in [6.07, 6.45) is 0.123. The van der Waals surface area contributed by atoms with Gasteiger partial charge in [0.1, 0.15) is 0 Å². The molecule has 0 aromatic heterocycles. The van der Waals surface area contributed by atoms with Crippen molar-refractivity contribution in [1.29, 1.82) is 0 Å². The van der Waals surface area contributed by atoms with E-state index in [1.54, 1.807) is 4.90 Å². The molecule has 2 aromatic carbocycles. The second-order valence-corrected chi connectivity index (χ2v) is 8.52. The molecule has 30 heavy (non-hydrogen) atoms. The highest BCUT2D eigenvalue weighted by Crippen LogP contribution is 2.40. The van der Waals surface area contributed by atoms with Crippen LogP contribution in [0.15, 0.2) is 24.3 Å². The third-order valence-corrected chi connectivity index (χ3v) is 6.47. The highest BCUT2D eigenvalue weighted by atomic mass is 16.4. The molecule has 2 aliphatic heterocycles. The van der Waals surface area contributed by atoms with Crippen LogP contribution in [0.1, 0.15) is 39.8 Å². The van der Waals surface area contributed by atoms with E-state index in [0.717, 1.165) is 44.5 Å². The lowest BCUT2D eigenvalue weighted by atomic mass is 9.84. The number of aliphatic hydroxyl groups excluding tert-OH is 1. The summed E-state index contributed by atoms with van der Waals surface area (Å²) in [6.45, 7) is 7.98. The number of hydrogen-bond acceptors (Lipinski definition) is 3. The fourth-order valence-electron chi connectivity index (χ4n) is 4.80. The minimum Gasteiger partial charge on any atom is -0.481 e. The van der Waals surface area contributed by atoms with Crippen molar-refractivity contribution in [3.63, 3.8) is 0 Å². The zero-order valence-corrected chi connectivity index (χ0v) is 17.7. The first-order chi connectivity index (χ1) is 14.3. The van der Waals surface area contributed by atoms with Crippen LogP contribution in [-0.4, -0.2) is 51.2 Å². The summed E-state index contributed by atoms with van der Waals surface area (Å²) >= 11 is 0. The first-order valence-electron chi connectivity index (χ1n) is 10.4. The molecule has 2 aromatic rings. The molecule has 6 nitrogen and oxygen atoms in total. The summed E-state index contributed by atoms with van der Waals surface area (Å²) in [6, 6.07) is 8.10. The Morgan fingerprint density at radius 1 is 1.00 bits per heavy atom. The molecule has 2 heterocycles. The van der Waals surface area contributed by atoms with E-state index in [-0.39, 0.29) is 12.5 Å². The molecule has 1 atom stereocenters. The van der Waals surface area contributed by atoms with Crippen LogP contribution in [0.5, 0.6) is 0 Å². The zero-order valence-electron chi connectivity index (χ0n) is 17.7. The lowest BCUT2D eigenvalue weighted by Crippen LogP contribution is -2.39. The van der Waals surface area contributed by atoms with Crippen molar-refractivity contribution in [2.75, 3.05) is 13.1 Å². The van der Waals surface area contributed by atoms with Crippen LogP contribution < -0.4 is 0 Å². The maximum absolute atomic E-state index is 13.0. The van der Waals surface area contributed by atoms with E-state index < -0.39 is 12.1 Å². The van der Waals surface area contributed by atoms with Crippen molar-refractivity contribution in [2.24, 2.45) is 0 Å². The van der Waals surface area contributed by atoms with Gasteiger partial charge < -0.3 is 20.0 Å². The molecule has 1 unspecified atom stereocenters. The number of carboxylic acids is 1. The van der Waals surface area contributed by atoms with Crippen molar-refractivity contribution in [3.05, 3.63) is 57.6 Å². The summed E-state index contributed by atoms with van der Waals surface area (Å²) in [5.74, 6) is -0.859. The summed E-state index contributed by atoms with van der Waals surface area (Å²) in [5, 5.41) is 19.3. The average molecular weight is 408 g/mol. The number of rotatable bonds is 3. The number of aliphatic carboxylic acids is 1. The average Bonchev–Trinajstić information content (AvgIpc) is 3.33. The summed E-state index contributed by atoms with van der Waals surface area (Å²) in [5.41, 5.74) is 8.15. The molecule has 0 spiro atoms. The number of amides is 2. The number of carbonyl (C=O) groups excluding carboxylic acids is 1. The van der Waals surface area contributed by atoms with E-state index in [1.807, 2.05) is 49.9 Å². The molecule has 2 aliphatic rings. The number of hydrogen-bond donors (Lipinski definition) is 2. The summed E-state index contributed by atoms with van der Waals surface area (Å²) < 4.78 is 0. The van der Waals surface area contributed by atoms with Crippen LogP contribution in [0.25, 0.3) is 11.1 Å². The number of fused-ring (bicyclic) bond motifs is 1. The first kappa shape index (κ1) is 20.4. The molecule has 2 amide bonds. The predicted molar refractivity (Wildman–Crippen MR) is 114 cm³/mol. The standard InChI is InChI=1S/C24H28N2O4/c1-14-4-6-17(7-5-14)23-16(3)21-13-26(24(30)25-9-8-18(27)11-25)12-20(21)15(2)19(23)10-22(28)29/h4-7,18,27H,8-13H2,1-3H3,(H,28,29). The van der Waals surface area contributed by atoms with Gasteiger partial charge in [-0.1, -0.05) is 29.8 Å². The van der Waals surface area contributed by atoms with Crippen molar-refractivity contribution >= 4 is 12.0 Å². The number of carbonyl (C=O) groups is 2. The second kappa shape index (κ2) is 7.76. The van der Waals surface area contributed by atoms with Crippen LogP contribution in [0, 0.1) is 20.8 Å². The fourth-order valence-corrected chi connectivity index (χ4v) is 4.80. The Bertz CT molecular complexity index is 1010. The van der Waals surface area contributed by atoms with Crippen LogP contribution >= 0.6 is 0 Å². The van der Waals surface area contributed by atoms with Crippen LogP contribution in [0.2, 0.25) is 0 Å². The van der Waals surface area contributed by atoms with Gasteiger partial charge in [-0.15, -0.1) is 0 Å². The Morgan fingerprint density at radius 3 is 2.20 bits per heavy atom.